The molecule has 1 aromatic rings. The van der Waals surface area contributed by atoms with Gasteiger partial charge >= 0.3 is 0 Å². The molecule has 4 heteroatoms. The van der Waals surface area contributed by atoms with E-state index < -0.39 is 5.82 Å². The molecule has 0 atom stereocenters. The number of phenolic OH excluding ortho intramolecular Hbond substituents is 1. The lowest BCUT2D eigenvalue weighted by Gasteiger charge is -2.41. The second-order valence-electron chi connectivity index (χ2n) is 4.12. The Balaban J connectivity index is 2.47. The van der Waals surface area contributed by atoms with E-state index in [0.29, 0.717) is 11.0 Å². The number of aromatic hydroxyl groups is 1. The molecule has 15 heavy (non-hydrogen) atoms. The highest BCUT2D eigenvalue weighted by Gasteiger charge is 2.39. The van der Waals surface area contributed by atoms with Crippen molar-refractivity contribution in [1.82, 2.24) is 0 Å². The van der Waals surface area contributed by atoms with Gasteiger partial charge in [-0.1, -0.05) is 6.42 Å². The van der Waals surface area contributed by atoms with Gasteiger partial charge in [0.2, 0.25) is 0 Å². The Kier molecular flexibility index (Phi) is 2.73. The first kappa shape index (κ1) is 10.9. The fourth-order valence-electron chi connectivity index (χ4n) is 2.15. The summed E-state index contributed by atoms with van der Waals surface area (Å²) in [4.78, 5) is 0. The minimum absolute atomic E-state index is 0.0147. The molecular formula is C11H13BrFNO. The van der Waals surface area contributed by atoms with E-state index in [4.69, 9.17) is 5.73 Å². The van der Waals surface area contributed by atoms with E-state index in [9.17, 15) is 9.50 Å². The van der Waals surface area contributed by atoms with E-state index in [1.54, 1.807) is 6.07 Å². The Hall–Kier alpha value is -0.610. The monoisotopic (exact) mass is 273 g/mol. The van der Waals surface area contributed by atoms with Crippen molar-refractivity contribution in [1.29, 1.82) is 0 Å². The number of halogens is 2. The van der Waals surface area contributed by atoms with E-state index in [1.807, 2.05) is 0 Å². The van der Waals surface area contributed by atoms with Crippen molar-refractivity contribution in [2.75, 3.05) is 6.54 Å². The van der Waals surface area contributed by atoms with Crippen LogP contribution in [0.1, 0.15) is 24.8 Å². The molecule has 82 valence electrons. The largest absolute Gasteiger partial charge is 0.508 e. The molecule has 0 bridgehead atoms. The van der Waals surface area contributed by atoms with Gasteiger partial charge in [-0.2, -0.15) is 0 Å². The van der Waals surface area contributed by atoms with Crippen molar-refractivity contribution in [2.24, 2.45) is 5.73 Å². The minimum atomic E-state index is -0.442. The fourth-order valence-corrected chi connectivity index (χ4v) is 2.49. The molecule has 0 aliphatic heterocycles. The standard InChI is InChI=1S/C11H13BrFNO/c12-8-4-7(10(15)5-9(8)13)11(6-14)2-1-3-11/h4-5,15H,1-3,6,14H2. The van der Waals surface area contributed by atoms with Gasteiger partial charge in [0.1, 0.15) is 11.6 Å². The molecule has 1 fully saturated rings. The fraction of sp³-hybridized carbons (Fsp3) is 0.455. The normalized spacial score (nSPS) is 18.6. The van der Waals surface area contributed by atoms with Crippen LogP contribution < -0.4 is 5.73 Å². The Morgan fingerprint density at radius 3 is 2.60 bits per heavy atom. The van der Waals surface area contributed by atoms with Gasteiger partial charge in [-0.25, -0.2) is 4.39 Å². The Labute approximate surface area is 96.4 Å². The summed E-state index contributed by atoms with van der Waals surface area (Å²) in [7, 11) is 0. The third-order valence-corrected chi connectivity index (χ3v) is 3.92. The van der Waals surface area contributed by atoms with Crippen molar-refractivity contribution >= 4 is 15.9 Å². The second kappa shape index (κ2) is 3.76. The predicted octanol–water partition coefficient (Wildman–Crippen LogP) is 2.67. The molecule has 0 saturated heterocycles. The molecule has 0 spiro atoms. The molecule has 0 aromatic heterocycles. The maximum atomic E-state index is 13.1. The lowest BCUT2D eigenvalue weighted by Crippen LogP contribution is -2.41. The van der Waals surface area contributed by atoms with Crippen LogP contribution in [-0.2, 0) is 5.41 Å². The number of benzene rings is 1. The summed E-state index contributed by atoms with van der Waals surface area (Å²) in [5, 5.41) is 9.73. The third-order valence-electron chi connectivity index (χ3n) is 3.31. The molecule has 1 aliphatic rings. The van der Waals surface area contributed by atoms with E-state index in [-0.39, 0.29) is 11.2 Å². The van der Waals surface area contributed by atoms with Crippen LogP contribution in [0.25, 0.3) is 0 Å². The summed E-state index contributed by atoms with van der Waals surface area (Å²) in [5.41, 5.74) is 6.37. The van der Waals surface area contributed by atoms with Gasteiger partial charge in [0.25, 0.3) is 0 Å². The number of nitrogens with two attached hydrogens (primary N) is 1. The lowest BCUT2D eigenvalue weighted by atomic mass is 9.64. The number of hydrogen-bond donors (Lipinski definition) is 2. The van der Waals surface area contributed by atoms with Crippen LogP contribution in [0.2, 0.25) is 0 Å². The zero-order valence-corrected chi connectivity index (χ0v) is 9.85. The highest BCUT2D eigenvalue weighted by molar-refractivity contribution is 9.10. The average molecular weight is 274 g/mol. The topological polar surface area (TPSA) is 46.2 Å². The second-order valence-corrected chi connectivity index (χ2v) is 4.98. The van der Waals surface area contributed by atoms with Crippen LogP contribution in [0.5, 0.6) is 5.75 Å². The Bertz CT molecular complexity index is 385. The van der Waals surface area contributed by atoms with Gasteiger partial charge in [-0.05, 0) is 34.8 Å². The van der Waals surface area contributed by atoms with Gasteiger partial charge in [-0.3, -0.25) is 0 Å². The van der Waals surface area contributed by atoms with Crippen LogP contribution in [0.15, 0.2) is 16.6 Å². The summed E-state index contributed by atoms with van der Waals surface area (Å²) in [5.74, 6) is -0.427. The van der Waals surface area contributed by atoms with Gasteiger partial charge in [0, 0.05) is 23.6 Å². The Morgan fingerprint density at radius 2 is 2.13 bits per heavy atom. The van der Waals surface area contributed by atoms with Crippen molar-refractivity contribution in [2.45, 2.75) is 24.7 Å². The third kappa shape index (κ3) is 1.66. The molecule has 1 saturated carbocycles. The predicted molar refractivity (Wildman–Crippen MR) is 60.3 cm³/mol. The van der Waals surface area contributed by atoms with Crippen LogP contribution in [0, 0.1) is 5.82 Å². The van der Waals surface area contributed by atoms with E-state index >= 15 is 0 Å². The molecule has 0 heterocycles. The molecule has 1 aliphatic carbocycles. The molecule has 0 amide bonds. The molecule has 1 aromatic carbocycles. The van der Waals surface area contributed by atoms with Gasteiger partial charge in [0.15, 0.2) is 0 Å². The molecule has 2 rings (SSSR count). The molecule has 2 nitrogen and oxygen atoms in total. The summed E-state index contributed by atoms with van der Waals surface area (Å²) >= 11 is 3.13. The zero-order chi connectivity index (χ0) is 11.1. The molecule has 3 N–H and O–H groups in total. The van der Waals surface area contributed by atoms with Gasteiger partial charge in [0.05, 0.1) is 4.47 Å². The summed E-state index contributed by atoms with van der Waals surface area (Å²) < 4.78 is 13.5. The van der Waals surface area contributed by atoms with Crippen molar-refractivity contribution < 1.29 is 9.50 Å². The van der Waals surface area contributed by atoms with Crippen molar-refractivity contribution in [3.63, 3.8) is 0 Å². The van der Waals surface area contributed by atoms with Crippen LogP contribution in [0.4, 0.5) is 4.39 Å². The number of hydrogen-bond acceptors (Lipinski definition) is 2. The highest BCUT2D eigenvalue weighted by atomic mass is 79.9. The summed E-state index contributed by atoms with van der Waals surface area (Å²) in [6.07, 6.45) is 3.05. The van der Waals surface area contributed by atoms with Crippen molar-refractivity contribution in [3.8, 4) is 5.75 Å². The lowest BCUT2D eigenvalue weighted by molar-refractivity contribution is 0.244. The van der Waals surface area contributed by atoms with E-state index in [1.165, 1.54) is 0 Å². The van der Waals surface area contributed by atoms with Gasteiger partial charge in [-0.15, -0.1) is 0 Å². The van der Waals surface area contributed by atoms with E-state index in [0.717, 1.165) is 30.9 Å². The SMILES string of the molecule is NCC1(c2cc(Br)c(F)cc2O)CCC1. The average Bonchev–Trinajstić information content (AvgIpc) is 2.12. The van der Waals surface area contributed by atoms with Gasteiger partial charge < -0.3 is 10.8 Å². The zero-order valence-electron chi connectivity index (χ0n) is 8.26. The minimum Gasteiger partial charge on any atom is -0.508 e. The molecular weight excluding hydrogens is 261 g/mol. The molecule has 0 radical (unpaired) electrons. The summed E-state index contributed by atoms with van der Waals surface area (Å²) in [6.45, 7) is 0.499. The summed E-state index contributed by atoms with van der Waals surface area (Å²) in [6, 6.07) is 2.80. The quantitative estimate of drug-likeness (QED) is 0.871. The van der Waals surface area contributed by atoms with E-state index in [2.05, 4.69) is 15.9 Å². The molecule has 0 unspecified atom stereocenters. The Morgan fingerprint density at radius 1 is 1.47 bits per heavy atom. The van der Waals surface area contributed by atoms with Crippen LogP contribution in [-0.4, -0.2) is 11.7 Å². The number of phenols is 1. The number of rotatable bonds is 2. The first-order valence-corrected chi connectivity index (χ1v) is 5.77. The smallest absolute Gasteiger partial charge is 0.141 e. The maximum absolute atomic E-state index is 13.1. The highest BCUT2D eigenvalue weighted by Crippen LogP contribution is 2.47. The van der Waals surface area contributed by atoms with Crippen LogP contribution in [0.3, 0.4) is 0 Å². The first-order chi connectivity index (χ1) is 7.09. The van der Waals surface area contributed by atoms with Crippen molar-refractivity contribution in [3.05, 3.63) is 28.0 Å². The van der Waals surface area contributed by atoms with Crippen LogP contribution >= 0.6 is 15.9 Å². The maximum Gasteiger partial charge on any atom is 0.141 e. The first-order valence-electron chi connectivity index (χ1n) is 4.98.